The number of benzene rings is 1. The Kier molecular flexibility index (Phi) is 7.79. The number of piperidine rings is 1. The number of aromatic nitrogens is 3. The van der Waals surface area contributed by atoms with Crippen molar-refractivity contribution in [3.05, 3.63) is 59.5 Å². The standard InChI is InChI=1S/C28H33F3N6O2/c1-3-39-27(38)23-17-34-37(26(23)28(29,30)31)21-5-4-12-36(18-21)24-15-19(2)6-8-22(24)20-7-9-25(33-16-20)35-13-10-32-11-14-35/h6-9,15-17,21,32H,3-5,10-14,18H2,1-2H3. The molecule has 0 radical (unpaired) electrons. The molecular formula is C28H33F3N6O2. The van der Waals surface area contributed by atoms with Crippen LogP contribution in [0, 0.1) is 6.92 Å². The quantitative estimate of drug-likeness (QED) is 0.453. The maximum absolute atomic E-state index is 14.1. The van der Waals surface area contributed by atoms with Crippen LogP contribution in [0.5, 0.6) is 0 Å². The molecule has 2 saturated heterocycles. The van der Waals surface area contributed by atoms with Crippen LogP contribution in [0.2, 0.25) is 0 Å². The Bertz CT molecular complexity index is 1300. The van der Waals surface area contributed by atoms with Gasteiger partial charge in [-0.1, -0.05) is 12.1 Å². The molecule has 4 heterocycles. The number of pyridine rings is 1. The lowest BCUT2D eigenvalue weighted by atomic mass is 9.99. The van der Waals surface area contributed by atoms with Gasteiger partial charge in [0.1, 0.15) is 11.4 Å². The van der Waals surface area contributed by atoms with E-state index >= 15 is 0 Å². The van der Waals surface area contributed by atoms with Crippen LogP contribution in [-0.2, 0) is 10.9 Å². The van der Waals surface area contributed by atoms with E-state index in [-0.39, 0.29) is 6.61 Å². The third kappa shape index (κ3) is 5.73. The first kappa shape index (κ1) is 27.0. The molecule has 0 bridgehead atoms. The lowest BCUT2D eigenvalue weighted by Crippen LogP contribution is -2.43. The van der Waals surface area contributed by atoms with Crippen molar-refractivity contribution >= 4 is 17.5 Å². The summed E-state index contributed by atoms with van der Waals surface area (Å²) in [5, 5.41) is 7.38. The molecule has 0 spiro atoms. The van der Waals surface area contributed by atoms with E-state index in [4.69, 9.17) is 9.72 Å². The molecule has 2 aliphatic heterocycles. The Morgan fingerprint density at radius 2 is 1.90 bits per heavy atom. The molecule has 8 nitrogen and oxygen atoms in total. The number of carbonyl (C=O) groups excluding carboxylic acids is 1. The van der Waals surface area contributed by atoms with Gasteiger partial charge in [0.25, 0.3) is 0 Å². The number of esters is 1. The van der Waals surface area contributed by atoms with Gasteiger partial charge in [-0.15, -0.1) is 0 Å². The number of rotatable bonds is 6. The molecule has 5 rings (SSSR count). The normalized spacial score (nSPS) is 18.3. The maximum Gasteiger partial charge on any atom is 0.433 e. The number of anilines is 2. The van der Waals surface area contributed by atoms with Gasteiger partial charge in [-0.2, -0.15) is 18.3 Å². The van der Waals surface area contributed by atoms with E-state index in [0.717, 1.165) is 65.3 Å². The fraction of sp³-hybridized carbons (Fsp3) is 0.464. The zero-order valence-corrected chi connectivity index (χ0v) is 22.2. The average Bonchev–Trinajstić information content (AvgIpc) is 3.41. The summed E-state index contributed by atoms with van der Waals surface area (Å²) in [6, 6.07) is 9.68. The first-order valence-corrected chi connectivity index (χ1v) is 13.4. The lowest BCUT2D eigenvalue weighted by molar-refractivity contribution is -0.145. The van der Waals surface area contributed by atoms with E-state index in [9.17, 15) is 18.0 Å². The number of carbonyl (C=O) groups is 1. The van der Waals surface area contributed by atoms with Gasteiger partial charge in [0.15, 0.2) is 5.69 Å². The van der Waals surface area contributed by atoms with Crippen molar-refractivity contribution in [1.82, 2.24) is 20.1 Å². The van der Waals surface area contributed by atoms with Gasteiger partial charge in [0.05, 0.1) is 18.8 Å². The van der Waals surface area contributed by atoms with Gasteiger partial charge < -0.3 is 19.9 Å². The lowest BCUT2D eigenvalue weighted by Gasteiger charge is -2.36. The van der Waals surface area contributed by atoms with Gasteiger partial charge in [0, 0.05) is 62.3 Å². The zero-order chi connectivity index (χ0) is 27.6. The number of nitrogens with one attached hydrogen (secondary N) is 1. The minimum Gasteiger partial charge on any atom is -0.462 e. The first-order chi connectivity index (χ1) is 18.8. The second-order valence-corrected chi connectivity index (χ2v) is 9.97. The molecular weight excluding hydrogens is 509 g/mol. The number of aryl methyl sites for hydroxylation is 1. The summed E-state index contributed by atoms with van der Waals surface area (Å²) in [6.07, 6.45) is -0.694. The van der Waals surface area contributed by atoms with E-state index in [0.29, 0.717) is 25.9 Å². The van der Waals surface area contributed by atoms with Crippen molar-refractivity contribution in [2.45, 2.75) is 38.9 Å². The number of alkyl halides is 3. The molecule has 0 amide bonds. The van der Waals surface area contributed by atoms with Crippen molar-refractivity contribution in [1.29, 1.82) is 0 Å². The van der Waals surface area contributed by atoms with Crippen LogP contribution >= 0.6 is 0 Å². The molecule has 0 aliphatic carbocycles. The van der Waals surface area contributed by atoms with Gasteiger partial charge in [-0.25, -0.2) is 9.78 Å². The minimum absolute atomic E-state index is 0.0142. The highest BCUT2D eigenvalue weighted by Crippen LogP contribution is 2.39. The highest BCUT2D eigenvalue weighted by molar-refractivity contribution is 5.90. The molecule has 39 heavy (non-hydrogen) atoms. The number of halogens is 3. The molecule has 3 aromatic rings. The van der Waals surface area contributed by atoms with Crippen molar-refractivity contribution in [3.63, 3.8) is 0 Å². The second-order valence-electron chi connectivity index (χ2n) is 9.97. The highest BCUT2D eigenvalue weighted by Gasteiger charge is 2.42. The van der Waals surface area contributed by atoms with Crippen molar-refractivity contribution in [3.8, 4) is 11.1 Å². The minimum atomic E-state index is -4.74. The summed E-state index contributed by atoms with van der Waals surface area (Å²) in [5.41, 5.74) is 2.33. The molecule has 1 aromatic carbocycles. The predicted molar refractivity (Wildman–Crippen MR) is 143 cm³/mol. The molecule has 208 valence electrons. The SMILES string of the molecule is CCOC(=O)c1cnn(C2CCCN(c3cc(C)ccc3-c3ccc(N4CCNCC4)nc3)C2)c1C(F)(F)F. The Labute approximate surface area is 225 Å². The fourth-order valence-corrected chi connectivity index (χ4v) is 5.43. The predicted octanol–water partition coefficient (Wildman–Crippen LogP) is 4.70. The Balaban J connectivity index is 1.44. The number of hydrogen-bond donors (Lipinski definition) is 1. The Hall–Kier alpha value is -3.60. The highest BCUT2D eigenvalue weighted by atomic mass is 19.4. The molecule has 2 aliphatic rings. The largest absolute Gasteiger partial charge is 0.462 e. The van der Waals surface area contributed by atoms with E-state index in [1.165, 1.54) is 0 Å². The number of hydrogen-bond acceptors (Lipinski definition) is 7. The van der Waals surface area contributed by atoms with Crippen LogP contribution in [0.4, 0.5) is 24.7 Å². The third-order valence-corrected chi connectivity index (χ3v) is 7.30. The topological polar surface area (TPSA) is 75.5 Å². The zero-order valence-electron chi connectivity index (χ0n) is 22.2. The number of piperazine rings is 1. The Morgan fingerprint density at radius 1 is 1.10 bits per heavy atom. The van der Waals surface area contributed by atoms with Crippen LogP contribution in [0.25, 0.3) is 11.1 Å². The van der Waals surface area contributed by atoms with E-state index < -0.39 is 29.4 Å². The van der Waals surface area contributed by atoms with Crippen molar-refractivity contribution in [2.75, 3.05) is 55.7 Å². The maximum atomic E-state index is 14.1. The van der Waals surface area contributed by atoms with E-state index in [1.54, 1.807) is 6.92 Å². The summed E-state index contributed by atoms with van der Waals surface area (Å²) in [7, 11) is 0. The third-order valence-electron chi connectivity index (χ3n) is 7.30. The summed E-state index contributed by atoms with van der Waals surface area (Å²) in [6.45, 7) is 8.24. The van der Waals surface area contributed by atoms with Gasteiger partial charge >= 0.3 is 12.1 Å². The summed E-state index contributed by atoms with van der Waals surface area (Å²) in [5.74, 6) is -0.0795. The molecule has 1 atom stereocenters. The Morgan fingerprint density at radius 3 is 2.59 bits per heavy atom. The number of nitrogens with zero attached hydrogens (tertiary/aromatic N) is 5. The van der Waals surface area contributed by atoms with Gasteiger partial charge in [-0.05, 0) is 50.5 Å². The van der Waals surface area contributed by atoms with E-state index in [2.05, 4.69) is 32.3 Å². The fourth-order valence-electron chi connectivity index (χ4n) is 5.43. The van der Waals surface area contributed by atoms with Crippen molar-refractivity contribution < 1.29 is 22.7 Å². The molecule has 11 heteroatoms. The second kappa shape index (κ2) is 11.3. The average molecular weight is 543 g/mol. The van der Waals surface area contributed by atoms with Crippen molar-refractivity contribution in [2.24, 2.45) is 0 Å². The number of ether oxygens (including phenoxy) is 1. The van der Waals surface area contributed by atoms with E-state index in [1.807, 2.05) is 31.3 Å². The first-order valence-electron chi connectivity index (χ1n) is 13.4. The molecule has 1 N–H and O–H groups in total. The van der Waals surface area contributed by atoms with Crippen LogP contribution in [0.15, 0.2) is 42.7 Å². The van der Waals surface area contributed by atoms with Crippen LogP contribution in [0.1, 0.15) is 47.4 Å². The smallest absolute Gasteiger partial charge is 0.433 e. The molecule has 0 saturated carbocycles. The van der Waals surface area contributed by atoms with Crippen LogP contribution in [0.3, 0.4) is 0 Å². The van der Waals surface area contributed by atoms with Gasteiger partial charge in [-0.3, -0.25) is 4.68 Å². The molecule has 1 unspecified atom stereocenters. The summed E-state index contributed by atoms with van der Waals surface area (Å²) >= 11 is 0. The monoisotopic (exact) mass is 542 g/mol. The van der Waals surface area contributed by atoms with Crippen LogP contribution < -0.4 is 15.1 Å². The van der Waals surface area contributed by atoms with Gasteiger partial charge in [0.2, 0.25) is 0 Å². The molecule has 2 aromatic heterocycles. The van der Waals surface area contributed by atoms with Crippen LogP contribution in [-0.4, -0.2) is 66.6 Å². The summed E-state index contributed by atoms with van der Waals surface area (Å²) < 4.78 is 48.2. The molecule has 2 fully saturated rings. The summed E-state index contributed by atoms with van der Waals surface area (Å²) in [4.78, 5) is 21.3.